The third-order valence-electron chi connectivity index (χ3n) is 5.70. The van der Waals surface area contributed by atoms with Crippen molar-refractivity contribution in [3.05, 3.63) is 30.6 Å². The summed E-state index contributed by atoms with van der Waals surface area (Å²) < 4.78 is 5.17. The van der Waals surface area contributed by atoms with Crippen LogP contribution < -0.4 is 19.9 Å². The molecule has 0 aromatic carbocycles. The quantitative estimate of drug-likeness (QED) is 0.832. The van der Waals surface area contributed by atoms with Gasteiger partial charge < -0.3 is 19.9 Å². The summed E-state index contributed by atoms with van der Waals surface area (Å²) in [7, 11) is 1.59. The molecule has 8 nitrogen and oxygen atoms in total. The standard InChI is InChI=1S/C21H28N6O2/c1-29-19-7-10-22-21(25-19)27-13-8-16(9-14-27)20(28)24-18-6-5-17(15-23-18)26-11-3-2-4-12-26/h5-7,10,15-16H,2-4,8-9,11-14H2,1H3,(H,23,24,28). The van der Waals surface area contributed by atoms with Crippen LogP contribution in [-0.2, 0) is 4.79 Å². The maximum absolute atomic E-state index is 12.7. The summed E-state index contributed by atoms with van der Waals surface area (Å²) in [6, 6.07) is 5.69. The lowest BCUT2D eigenvalue weighted by molar-refractivity contribution is -0.120. The lowest BCUT2D eigenvalue weighted by Gasteiger charge is -2.31. The van der Waals surface area contributed by atoms with Crippen LogP contribution in [0.5, 0.6) is 5.88 Å². The molecule has 2 saturated heterocycles. The van der Waals surface area contributed by atoms with Gasteiger partial charge in [-0.25, -0.2) is 9.97 Å². The van der Waals surface area contributed by atoms with Crippen LogP contribution in [0.25, 0.3) is 0 Å². The number of rotatable bonds is 5. The van der Waals surface area contributed by atoms with Gasteiger partial charge in [-0.3, -0.25) is 4.79 Å². The third-order valence-corrected chi connectivity index (χ3v) is 5.70. The second-order valence-electron chi connectivity index (χ2n) is 7.60. The van der Waals surface area contributed by atoms with Gasteiger partial charge in [0.15, 0.2) is 0 Å². The van der Waals surface area contributed by atoms with E-state index in [9.17, 15) is 4.79 Å². The number of carbonyl (C=O) groups is 1. The number of amides is 1. The molecule has 0 unspecified atom stereocenters. The second kappa shape index (κ2) is 9.07. The highest BCUT2D eigenvalue weighted by Crippen LogP contribution is 2.24. The Hall–Kier alpha value is -2.90. The Kier molecular flexibility index (Phi) is 6.07. The SMILES string of the molecule is COc1ccnc(N2CCC(C(=O)Nc3ccc(N4CCCCC4)cn3)CC2)n1. The van der Waals surface area contributed by atoms with Gasteiger partial charge >= 0.3 is 0 Å². The zero-order valence-corrected chi connectivity index (χ0v) is 16.9. The first-order valence-electron chi connectivity index (χ1n) is 10.4. The zero-order chi connectivity index (χ0) is 20.1. The van der Waals surface area contributed by atoms with Gasteiger partial charge in [0.1, 0.15) is 5.82 Å². The summed E-state index contributed by atoms with van der Waals surface area (Å²) in [5, 5.41) is 2.98. The highest BCUT2D eigenvalue weighted by atomic mass is 16.5. The Balaban J connectivity index is 1.29. The van der Waals surface area contributed by atoms with Crippen molar-refractivity contribution in [2.45, 2.75) is 32.1 Å². The van der Waals surface area contributed by atoms with Crippen LogP contribution in [0.15, 0.2) is 30.6 Å². The number of aromatic nitrogens is 3. The molecule has 0 aliphatic carbocycles. The van der Waals surface area contributed by atoms with Gasteiger partial charge in [-0.15, -0.1) is 0 Å². The van der Waals surface area contributed by atoms with E-state index in [4.69, 9.17) is 4.74 Å². The van der Waals surface area contributed by atoms with Crippen LogP contribution >= 0.6 is 0 Å². The number of pyridine rings is 1. The molecule has 29 heavy (non-hydrogen) atoms. The van der Waals surface area contributed by atoms with Crippen molar-refractivity contribution in [2.24, 2.45) is 5.92 Å². The largest absolute Gasteiger partial charge is 0.481 e. The Labute approximate surface area is 171 Å². The lowest BCUT2D eigenvalue weighted by Crippen LogP contribution is -2.39. The minimum atomic E-state index is -0.0274. The molecule has 1 amide bonds. The highest BCUT2D eigenvalue weighted by molar-refractivity contribution is 5.91. The molecule has 1 N–H and O–H groups in total. The molecular formula is C21H28N6O2. The van der Waals surface area contributed by atoms with Crippen LogP contribution in [0.4, 0.5) is 17.5 Å². The lowest BCUT2D eigenvalue weighted by atomic mass is 9.96. The van der Waals surface area contributed by atoms with Gasteiger partial charge in [0.2, 0.25) is 17.7 Å². The van der Waals surface area contributed by atoms with Gasteiger partial charge in [-0.1, -0.05) is 0 Å². The summed E-state index contributed by atoms with van der Waals surface area (Å²) in [6.07, 6.45) is 8.86. The van der Waals surface area contributed by atoms with Crippen LogP contribution in [0.1, 0.15) is 32.1 Å². The molecule has 2 aliphatic rings. The number of hydrogen-bond donors (Lipinski definition) is 1. The van der Waals surface area contributed by atoms with Crippen molar-refractivity contribution < 1.29 is 9.53 Å². The maximum Gasteiger partial charge on any atom is 0.228 e. The summed E-state index contributed by atoms with van der Waals surface area (Å²) >= 11 is 0. The van der Waals surface area contributed by atoms with E-state index in [1.54, 1.807) is 19.4 Å². The van der Waals surface area contributed by atoms with E-state index in [1.807, 2.05) is 12.3 Å². The van der Waals surface area contributed by atoms with Crippen molar-refractivity contribution in [1.29, 1.82) is 0 Å². The monoisotopic (exact) mass is 396 g/mol. The van der Waals surface area contributed by atoms with E-state index in [0.29, 0.717) is 17.6 Å². The number of nitrogens with one attached hydrogen (secondary N) is 1. The van der Waals surface area contributed by atoms with Gasteiger partial charge in [-0.05, 0) is 44.2 Å². The minimum Gasteiger partial charge on any atom is -0.481 e. The molecule has 2 fully saturated rings. The van der Waals surface area contributed by atoms with Crippen molar-refractivity contribution in [3.8, 4) is 5.88 Å². The Morgan fingerprint density at radius 1 is 1.03 bits per heavy atom. The van der Waals surface area contributed by atoms with Gasteiger partial charge in [-0.2, -0.15) is 4.98 Å². The van der Waals surface area contributed by atoms with Gasteiger partial charge in [0, 0.05) is 44.4 Å². The smallest absolute Gasteiger partial charge is 0.228 e. The second-order valence-corrected chi connectivity index (χ2v) is 7.60. The fourth-order valence-corrected chi connectivity index (χ4v) is 3.97. The molecule has 0 saturated carbocycles. The fourth-order valence-electron chi connectivity index (χ4n) is 3.97. The van der Waals surface area contributed by atoms with E-state index in [2.05, 4.69) is 36.1 Å². The molecule has 2 aromatic heterocycles. The molecule has 154 valence electrons. The molecule has 0 atom stereocenters. The van der Waals surface area contributed by atoms with Crippen molar-refractivity contribution in [3.63, 3.8) is 0 Å². The Morgan fingerprint density at radius 3 is 2.52 bits per heavy atom. The molecule has 4 rings (SSSR count). The van der Waals surface area contributed by atoms with Gasteiger partial charge in [0.05, 0.1) is 19.0 Å². The summed E-state index contributed by atoms with van der Waals surface area (Å²) in [5.74, 6) is 1.83. The average Bonchev–Trinajstić information content (AvgIpc) is 2.80. The molecule has 8 heteroatoms. The fraction of sp³-hybridized carbons (Fsp3) is 0.524. The van der Waals surface area contributed by atoms with E-state index < -0.39 is 0 Å². The van der Waals surface area contributed by atoms with Gasteiger partial charge in [0.25, 0.3) is 0 Å². The topological polar surface area (TPSA) is 83.5 Å². The molecule has 2 aromatic rings. The van der Waals surface area contributed by atoms with Crippen LogP contribution in [0.2, 0.25) is 0 Å². The molecular weight excluding hydrogens is 368 g/mol. The van der Waals surface area contributed by atoms with E-state index in [-0.39, 0.29) is 11.8 Å². The number of hydrogen-bond acceptors (Lipinski definition) is 7. The molecule has 0 radical (unpaired) electrons. The van der Waals surface area contributed by atoms with Crippen molar-refractivity contribution in [1.82, 2.24) is 15.0 Å². The predicted molar refractivity (Wildman–Crippen MR) is 112 cm³/mol. The molecule has 2 aliphatic heterocycles. The molecule has 4 heterocycles. The van der Waals surface area contributed by atoms with Crippen LogP contribution in [0, 0.1) is 5.92 Å². The molecule has 0 spiro atoms. The van der Waals surface area contributed by atoms with Crippen molar-refractivity contribution in [2.75, 3.05) is 48.4 Å². The van der Waals surface area contributed by atoms with E-state index >= 15 is 0 Å². The van der Waals surface area contributed by atoms with Crippen LogP contribution in [0.3, 0.4) is 0 Å². The van der Waals surface area contributed by atoms with Crippen LogP contribution in [-0.4, -0.2) is 54.1 Å². The molecule has 0 bridgehead atoms. The average molecular weight is 396 g/mol. The number of methoxy groups -OCH3 is 1. The van der Waals surface area contributed by atoms with E-state index in [1.165, 1.54) is 19.3 Å². The summed E-state index contributed by atoms with van der Waals surface area (Å²) in [4.78, 5) is 30.3. The zero-order valence-electron chi connectivity index (χ0n) is 16.9. The third kappa shape index (κ3) is 4.75. The first-order chi connectivity index (χ1) is 14.2. The highest BCUT2D eigenvalue weighted by Gasteiger charge is 2.26. The maximum atomic E-state index is 12.7. The number of carbonyl (C=O) groups excluding carboxylic acids is 1. The number of nitrogens with zero attached hydrogens (tertiary/aromatic N) is 5. The van der Waals surface area contributed by atoms with Crippen molar-refractivity contribution >= 4 is 23.4 Å². The first-order valence-corrected chi connectivity index (χ1v) is 10.4. The predicted octanol–water partition coefficient (Wildman–Crippen LogP) is 2.73. The normalized spacial score (nSPS) is 17.8. The van der Waals surface area contributed by atoms with E-state index in [0.717, 1.165) is 44.7 Å². The number of ether oxygens (including phenoxy) is 1. The Morgan fingerprint density at radius 2 is 1.83 bits per heavy atom. The number of anilines is 3. The Bertz CT molecular complexity index is 814. The summed E-state index contributed by atoms with van der Waals surface area (Å²) in [6.45, 7) is 3.66. The number of piperidine rings is 2. The minimum absolute atomic E-state index is 0.0274. The summed E-state index contributed by atoms with van der Waals surface area (Å²) in [5.41, 5.74) is 1.13. The first kappa shape index (κ1) is 19.4.